The van der Waals surface area contributed by atoms with E-state index in [0.717, 1.165) is 36.2 Å². The van der Waals surface area contributed by atoms with Gasteiger partial charge in [-0.05, 0) is 25.0 Å². The van der Waals surface area contributed by atoms with Crippen molar-refractivity contribution in [1.29, 1.82) is 0 Å². The first-order valence-electron chi connectivity index (χ1n) is 8.30. The smallest absolute Gasteiger partial charge is 0.320 e. The van der Waals surface area contributed by atoms with Crippen LogP contribution in [-0.2, 0) is 11.8 Å². The number of hydrogen-bond donors (Lipinski definition) is 0. The molecule has 6 nitrogen and oxygen atoms in total. The molecule has 2 aromatic rings. The summed E-state index contributed by atoms with van der Waals surface area (Å²) in [6.45, 7) is 3.45. The van der Waals surface area contributed by atoms with Crippen LogP contribution < -0.4 is 0 Å². The highest BCUT2D eigenvalue weighted by Crippen LogP contribution is 2.33. The average Bonchev–Trinajstić information content (AvgIpc) is 3.20. The largest absolute Gasteiger partial charge is 0.378 e. The molecule has 0 N–H and O–H groups in total. The average molecular weight is 314 g/mol. The first-order valence-corrected chi connectivity index (χ1v) is 8.30. The van der Waals surface area contributed by atoms with Gasteiger partial charge in [-0.15, -0.1) is 0 Å². The van der Waals surface area contributed by atoms with Gasteiger partial charge >= 0.3 is 6.03 Å². The molecule has 3 heterocycles. The lowest BCUT2D eigenvalue weighted by Gasteiger charge is -2.33. The van der Waals surface area contributed by atoms with Gasteiger partial charge in [-0.3, -0.25) is 0 Å². The molecule has 1 aromatic heterocycles. The minimum absolute atomic E-state index is 0.0720. The van der Waals surface area contributed by atoms with Gasteiger partial charge in [-0.1, -0.05) is 12.1 Å². The molecule has 0 radical (unpaired) electrons. The number of amides is 2. The summed E-state index contributed by atoms with van der Waals surface area (Å²) in [6, 6.07) is 8.34. The topological polar surface area (TPSA) is 50.6 Å². The maximum Gasteiger partial charge on any atom is 0.320 e. The van der Waals surface area contributed by atoms with Crippen LogP contribution in [0.3, 0.4) is 0 Å². The predicted molar refractivity (Wildman–Crippen MR) is 87.2 cm³/mol. The number of imidazole rings is 1. The Labute approximate surface area is 135 Å². The molecule has 4 rings (SSSR count). The van der Waals surface area contributed by atoms with Crippen LogP contribution in [0.2, 0.25) is 0 Å². The molecule has 23 heavy (non-hydrogen) atoms. The standard InChI is InChI=1S/C17H22N4O2/c1-19-14-6-3-2-5-13(14)18-16(19)15-7-4-8-21(15)17(22)20-9-11-23-12-10-20/h2-3,5-6,15H,4,7-12H2,1H3/t15-/m0/s1. The molecule has 1 aromatic carbocycles. The molecule has 122 valence electrons. The van der Waals surface area contributed by atoms with Crippen molar-refractivity contribution < 1.29 is 9.53 Å². The molecule has 0 aliphatic carbocycles. The van der Waals surface area contributed by atoms with Crippen LogP contribution in [0.4, 0.5) is 4.79 Å². The molecule has 0 unspecified atom stereocenters. The van der Waals surface area contributed by atoms with Crippen LogP contribution in [0.5, 0.6) is 0 Å². The van der Waals surface area contributed by atoms with Crippen LogP contribution in [0.25, 0.3) is 11.0 Å². The zero-order valence-electron chi connectivity index (χ0n) is 13.4. The van der Waals surface area contributed by atoms with Crippen molar-refractivity contribution in [2.75, 3.05) is 32.8 Å². The number of para-hydroxylation sites is 2. The minimum Gasteiger partial charge on any atom is -0.378 e. The summed E-state index contributed by atoms with van der Waals surface area (Å²) >= 11 is 0. The molecule has 2 fully saturated rings. The van der Waals surface area contributed by atoms with Gasteiger partial charge in [0.05, 0.1) is 30.3 Å². The Kier molecular flexibility index (Phi) is 3.69. The van der Waals surface area contributed by atoms with Gasteiger partial charge in [-0.25, -0.2) is 9.78 Å². The van der Waals surface area contributed by atoms with Gasteiger partial charge in [0.25, 0.3) is 0 Å². The van der Waals surface area contributed by atoms with Crippen molar-refractivity contribution in [2.24, 2.45) is 7.05 Å². The lowest BCUT2D eigenvalue weighted by Crippen LogP contribution is -2.48. The highest BCUT2D eigenvalue weighted by atomic mass is 16.5. The van der Waals surface area contributed by atoms with Gasteiger partial charge < -0.3 is 19.1 Å². The molecular weight excluding hydrogens is 292 g/mol. The molecule has 6 heteroatoms. The third kappa shape index (κ3) is 2.47. The monoisotopic (exact) mass is 314 g/mol. The first kappa shape index (κ1) is 14.5. The summed E-state index contributed by atoms with van der Waals surface area (Å²) in [5.41, 5.74) is 2.11. The van der Waals surface area contributed by atoms with Crippen molar-refractivity contribution in [1.82, 2.24) is 19.4 Å². The van der Waals surface area contributed by atoms with E-state index in [1.54, 1.807) is 0 Å². The van der Waals surface area contributed by atoms with Crippen LogP contribution in [0, 0.1) is 0 Å². The Balaban J connectivity index is 1.63. The van der Waals surface area contributed by atoms with Crippen molar-refractivity contribution >= 4 is 17.1 Å². The molecule has 2 aliphatic rings. The van der Waals surface area contributed by atoms with E-state index in [-0.39, 0.29) is 12.1 Å². The lowest BCUT2D eigenvalue weighted by atomic mass is 10.2. The van der Waals surface area contributed by atoms with E-state index in [9.17, 15) is 4.79 Å². The Morgan fingerprint density at radius 2 is 2.00 bits per heavy atom. The Hall–Kier alpha value is -2.08. The van der Waals surface area contributed by atoms with E-state index in [4.69, 9.17) is 9.72 Å². The van der Waals surface area contributed by atoms with Gasteiger partial charge in [-0.2, -0.15) is 0 Å². The van der Waals surface area contributed by atoms with Gasteiger partial charge in [0, 0.05) is 26.7 Å². The van der Waals surface area contributed by atoms with E-state index < -0.39 is 0 Å². The second-order valence-corrected chi connectivity index (χ2v) is 6.25. The summed E-state index contributed by atoms with van der Waals surface area (Å²) in [6.07, 6.45) is 2.01. The van der Waals surface area contributed by atoms with E-state index >= 15 is 0 Å². The number of rotatable bonds is 1. The Bertz CT molecular complexity index is 720. The molecule has 2 amide bonds. The fourth-order valence-corrected chi connectivity index (χ4v) is 3.66. The van der Waals surface area contributed by atoms with Crippen molar-refractivity contribution in [2.45, 2.75) is 18.9 Å². The molecular formula is C17H22N4O2. The van der Waals surface area contributed by atoms with Gasteiger partial charge in [0.2, 0.25) is 0 Å². The van der Waals surface area contributed by atoms with E-state index in [2.05, 4.69) is 10.6 Å². The summed E-state index contributed by atoms with van der Waals surface area (Å²) < 4.78 is 7.48. The number of carbonyl (C=O) groups is 1. The molecule has 2 aliphatic heterocycles. The van der Waals surface area contributed by atoms with Gasteiger partial charge in [0.1, 0.15) is 5.82 Å². The molecule has 0 saturated carbocycles. The minimum atomic E-state index is 0.0720. The highest BCUT2D eigenvalue weighted by molar-refractivity contribution is 5.77. The Morgan fingerprint density at radius 1 is 1.22 bits per heavy atom. The number of carbonyl (C=O) groups excluding carboxylic acids is 1. The lowest BCUT2D eigenvalue weighted by molar-refractivity contribution is 0.0418. The quantitative estimate of drug-likeness (QED) is 0.810. The molecule has 0 spiro atoms. The van der Waals surface area contributed by atoms with E-state index in [1.165, 1.54) is 0 Å². The van der Waals surface area contributed by atoms with Crippen molar-refractivity contribution in [3.63, 3.8) is 0 Å². The number of fused-ring (bicyclic) bond motifs is 1. The highest BCUT2D eigenvalue weighted by Gasteiger charge is 2.35. The summed E-state index contributed by atoms with van der Waals surface area (Å²) in [4.78, 5) is 21.6. The van der Waals surface area contributed by atoms with Crippen LogP contribution in [0.1, 0.15) is 24.7 Å². The molecule has 1 atom stereocenters. The van der Waals surface area contributed by atoms with Crippen LogP contribution in [0.15, 0.2) is 24.3 Å². The number of likely N-dealkylation sites (tertiary alicyclic amines) is 1. The maximum atomic E-state index is 12.9. The zero-order valence-corrected chi connectivity index (χ0v) is 13.4. The second-order valence-electron chi connectivity index (χ2n) is 6.25. The Morgan fingerprint density at radius 3 is 2.78 bits per heavy atom. The number of morpholine rings is 1. The molecule has 0 bridgehead atoms. The van der Waals surface area contributed by atoms with E-state index in [1.807, 2.05) is 35.0 Å². The van der Waals surface area contributed by atoms with Crippen molar-refractivity contribution in [3.05, 3.63) is 30.1 Å². The third-order valence-electron chi connectivity index (χ3n) is 4.90. The van der Waals surface area contributed by atoms with Crippen LogP contribution >= 0.6 is 0 Å². The predicted octanol–water partition coefficient (Wildman–Crippen LogP) is 2.16. The summed E-state index contributed by atoms with van der Waals surface area (Å²) in [5.74, 6) is 0.991. The first-order chi connectivity index (χ1) is 11.3. The third-order valence-corrected chi connectivity index (χ3v) is 4.90. The van der Waals surface area contributed by atoms with E-state index in [0.29, 0.717) is 26.3 Å². The normalized spacial score (nSPS) is 22.0. The number of hydrogen-bond acceptors (Lipinski definition) is 3. The summed E-state index contributed by atoms with van der Waals surface area (Å²) in [5, 5.41) is 0. The van der Waals surface area contributed by atoms with Gasteiger partial charge in [0.15, 0.2) is 0 Å². The SMILES string of the molecule is Cn1c([C@@H]2CCCN2C(=O)N2CCOCC2)nc2ccccc21. The molecule has 2 saturated heterocycles. The van der Waals surface area contributed by atoms with Crippen molar-refractivity contribution in [3.8, 4) is 0 Å². The number of urea groups is 1. The van der Waals surface area contributed by atoms with Crippen LogP contribution in [-0.4, -0.2) is 58.2 Å². The number of ether oxygens (including phenoxy) is 1. The number of benzene rings is 1. The summed E-state index contributed by atoms with van der Waals surface area (Å²) in [7, 11) is 2.04. The zero-order chi connectivity index (χ0) is 15.8. The number of nitrogens with zero attached hydrogens (tertiary/aromatic N) is 4. The second kappa shape index (κ2) is 5.85. The number of aryl methyl sites for hydroxylation is 1. The fourth-order valence-electron chi connectivity index (χ4n) is 3.66. The fraction of sp³-hybridized carbons (Fsp3) is 0.529. The number of aromatic nitrogens is 2. The maximum absolute atomic E-state index is 12.9.